The molecule has 5 heterocycles. The number of carbonyl (C=O) groups is 2. The Labute approximate surface area is 357 Å². The Morgan fingerprint density at radius 2 is 1.14 bits per heavy atom. The van der Waals surface area contributed by atoms with Gasteiger partial charge in [-0.3, -0.25) is 4.79 Å². The molecule has 28 nitrogen and oxygen atoms in total. The first kappa shape index (κ1) is 52.0. The minimum atomic E-state index is -3.34. The molecule has 0 aliphatic carbocycles. The van der Waals surface area contributed by atoms with E-state index in [1.54, 1.807) is 0 Å². The number of carboxylic acids is 1. The molecule has 63 heavy (non-hydrogen) atoms. The van der Waals surface area contributed by atoms with Crippen LogP contribution in [-0.2, 0) is 52.2 Å². The van der Waals surface area contributed by atoms with Crippen molar-refractivity contribution in [1.29, 1.82) is 0 Å². The fourth-order valence-electron chi connectivity index (χ4n) is 7.97. The van der Waals surface area contributed by atoms with Crippen molar-refractivity contribution in [3.05, 3.63) is 0 Å². The first-order valence-electron chi connectivity index (χ1n) is 20.0. The van der Waals surface area contributed by atoms with Gasteiger partial charge in [-0.25, -0.2) is 4.79 Å². The Hall–Kier alpha value is -2.02. The highest BCUT2D eigenvalue weighted by Crippen LogP contribution is 2.42. The Morgan fingerprint density at radius 3 is 1.65 bits per heavy atom. The summed E-state index contributed by atoms with van der Waals surface area (Å²) in [6.45, 7) is 0.329. The third kappa shape index (κ3) is 10.7. The Balaban J connectivity index is 1.57. The third-order valence-corrected chi connectivity index (χ3v) is 11.6. The minimum Gasteiger partial charge on any atom is -0.477 e. The number of nitrogens with one attached hydrogen (secondary N) is 1. The molecule has 0 radical (unpaired) electrons. The summed E-state index contributed by atoms with van der Waals surface area (Å²) in [5.74, 6) is -6.25. The zero-order valence-electron chi connectivity index (χ0n) is 33.9. The van der Waals surface area contributed by atoms with Gasteiger partial charge in [0.05, 0.1) is 38.1 Å². The number of aliphatic hydroxyl groups excluding tert-OH is 15. The molecule has 28 heteroatoms. The van der Waals surface area contributed by atoms with Gasteiger partial charge in [-0.1, -0.05) is 0 Å². The number of hydrogen-bond donors (Lipinski definition) is 17. The summed E-state index contributed by atoms with van der Waals surface area (Å²) in [7, 11) is 0. The molecule has 5 aliphatic rings. The number of aliphatic hydroxyl groups is 15. The summed E-state index contributed by atoms with van der Waals surface area (Å²) in [4.78, 5) is 25.5. The standard InChI is InChI=1S/C35H59NO27/c1-8-16(42)21(47)23(49)31(55-8)58-12-4-35(34(53)54,63-29(18(44)11(41)5-37)26(12)60-32-24(50)22(48)17(43)9(2)56-32)62-28-20(46)14(7-39)59-33(25(28)51)61-27-15(36-10(3)40)30(52)57-13(6-38)19(27)45/h8-9,11-33,37-39,41-52H,4-7H2,1-3H3,(H,36,40)(H,53,54)/t8-,9-,11+,12-,13+,14+,15+,16+,17+,18+,19-,20-,21+,22+,23-,24-,25+,26+,27+,28-,29-,30?,31-,32-,33-,35+/m0/s1. The number of carbonyl (C=O) groups excluding carboxylic acids is 1. The van der Waals surface area contributed by atoms with Crippen molar-refractivity contribution in [2.24, 2.45) is 0 Å². The van der Waals surface area contributed by atoms with E-state index in [9.17, 15) is 91.3 Å². The van der Waals surface area contributed by atoms with Gasteiger partial charge in [-0.15, -0.1) is 0 Å². The third-order valence-electron chi connectivity index (χ3n) is 11.6. The average Bonchev–Trinajstić information content (AvgIpc) is 3.24. The van der Waals surface area contributed by atoms with Crippen LogP contribution in [0.4, 0.5) is 0 Å². The largest absolute Gasteiger partial charge is 0.477 e. The van der Waals surface area contributed by atoms with Crippen LogP contribution in [0.5, 0.6) is 0 Å². The second-order valence-corrected chi connectivity index (χ2v) is 16.1. The first-order valence-corrected chi connectivity index (χ1v) is 20.0. The van der Waals surface area contributed by atoms with Crippen LogP contribution < -0.4 is 5.32 Å². The van der Waals surface area contributed by atoms with E-state index in [0.717, 1.165) is 6.92 Å². The Morgan fingerprint density at radius 1 is 0.651 bits per heavy atom. The van der Waals surface area contributed by atoms with Crippen molar-refractivity contribution in [3.8, 4) is 0 Å². The SMILES string of the molecule is CC(=O)N[C@H]1C(O)O[C@H](CO)[C@H](O)[C@@H]1O[C@@H]1O[C@H](CO)[C@H](O)[C@H](O[C@]2(C(=O)O)C[C@H](O[C@@H]3O[C@@H](C)[C@@H](O)[C@@H](O)[C@@H]3O)[C@@H](O[C@@H]3O[C@@H](C)[C@@H](O)[C@@H](O)[C@@H]3O)[C@H]([C@H](O)[C@H](O)CO)O2)[C@H]1O. The van der Waals surface area contributed by atoms with Crippen molar-refractivity contribution in [1.82, 2.24) is 5.32 Å². The van der Waals surface area contributed by atoms with Gasteiger partial charge >= 0.3 is 5.97 Å². The average molecular weight is 926 g/mol. The predicted molar refractivity (Wildman–Crippen MR) is 192 cm³/mol. The molecule has 26 atom stereocenters. The molecule has 0 bridgehead atoms. The van der Waals surface area contributed by atoms with E-state index in [2.05, 4.69) is 5.32 Å². The van der Waals surface area contributed by atoms with Gasteiger partial charge in [0, 0.05) is 13.3 Å². The lowest BCUT2D eigenvalue weighted by molar-refractivity contribution is -0.407. The summed E-state index contributed by atoms with van der Waals surface area (Å²) >= 11 is 0. The van der Waals surface area contributed by atoms with Gasteiger partial charge in [0.15, 0.2) is 25.2 Å². The van der Waals surface area contributed by atoms with Crippen molar-refractivity contribution < 1.29 is 134 Å². The quantitative estimate of drug-likeness (QED) is 0.0725. The van der Waals surface area contributed by atoms with E-state index in [-0.39, 0.29) is 0 Å². The molecular formula is C35H59NO27. The molecular weight excluding hydrogens is 866 g/mol. The van der Waals surface area contributed by atoms with Crippen molar-refractivity contribution in [2.75, 3.05) is 19.8 Å². The molecule has 5 rings (SSSR count). The summed E-state index contributed by atoms with van der Waals surface area (Å²) in [6.07, 6.45) is -48.4. The van der Waals surface area contributed by atoms with Crippen LogP contribution in [0.3, 0.4) is 0 Å². The maximum absolute atomic E-state index is 13.5. The van der Waals surface area contributed by atoms with Gasteiger partial charge in [0.1, 0.15) is 110 Å². The number of hydrogen-bond acceptors (Lipinski definition) is 26. The lowest BCUT2D eigenvalue weighted by Gasteiger charge is -2.52. The highest BCUT2D eigenvalue weighted by molar-refractivity contribution is 5.76. The Kier molecular flexibility index (Phi) is 17.6. The van der Waals surface area contributed by atoms with Gasteiger partial charge in [0.25, 0.3) is 5.79 Å². The second kappa shape index (κ2) is 21.3. The monoisotopic (exact) mass is 925 g/mol. The Bertz CT molecular complexity index is 1500. The van der Waals surface area contributed by atoms with Crippen LogP contribution in [0, 0.1) is 0 Å². The summed E-state index contributed by atoms with van der Waals surface area (Å²) < 4.78 is 51.1. The molecule has 5 fully saturated rings. The zero-order chi connectivity index (χ0) is 47.0. The maximum Gasteiger partial charge on any atom is 0.364 e. The van der Waals surface area contributed by atoms with Gasteiger partial charge in [-0.2, -0.15) is 0 Å². The smallest absolute Gasteiger partial charge is 0.364 e. The molecule has 5 saturated heterocycles. The molecule has 1 unspecified atom stereocenters. The summed E-state index contributed by atoms with van der Waals surface area (Å²) in [5, 5.41) is 173. The fraction of sp³-hybridized carbons (Fsp3) is 0.943. The summed E-state index contributed by atoms with van der Waals surface area (Å²) in [5.41, 5.74) is 0. The lowest BCUT2D eigenvalue weighted by atomic mass is 9.89. The lowest BCUT2D eigenvalue weighted by Crippen LogP contribution is -2.71. The highest BCUT2D eigenvalue weighted by atomic mass is 16.8. The number of carboxylic acid groups (broad SMARTS) is 1. The molecule has 0 saturated carbocycles. The van der Waals surface area contributed by atoms with Gasteiger partial charge in [-0.05, 0) is 13.8 Å². The first-order chi connectivity index (χ1) is 29.5. The van der Waals surface area contributed by atoms with Crippen LogP contribution in [0.1, 0.15) is 27.2 Å². The maximum atomic E-state index is 13.5. The molecule has 0 aromatic heterocycles. The van der Waals surface area contributed by atoms with Crippen LogP contribution in [0.25, 0.3) is 0 Å². The second-order valence-electron chi connectivity index (χ2n) is 16.1. The molecule has 0 spiro atoms. The molecule has 5 aliphatic heterocycles. The zero-order valence-corrected chi connectivity index (χ0v) is 33.9. The summed E-state index contributed by atoms with van der Waals surface area (Å²) in [6, 6.07) is -1.63. The van der Waals surface area contributed by atoms with E-state index in [1.165, 1.54) is 13.8 Å². The normalized spacial score (nSPS) is 49.5. The van der Waals surface area contributed by atoms with Gasteiger partial charge in [0.2, 0.25) is 5.91 Å². The van der Waals surface area contributed by atoms with Crippen molar-refractivity contribution in [2.45, 2.75) is 186 Å². The number of ether oxygens (including phenoxy) is 9. The van der Waals surface area contributed by atoms with E-state index < -0.39 is 197 Å². The molecule has 366 valence electrons. The number of aliphatic carboxylic acids is 1. The van der Waals surface area contributed by atoms with Crippen LogP contribution in [0.2, 0.25) is 0 Å². The highest BCUT2D eigenvalue weighted by Gasteiger charge is 2.62. The van der Waals surface area contributed by atoms with Crippen LogP contribution >= 0.6 is 0 Å². The minimum absolute atomic E-state index is 0.778. The topological polar surface area (TPSA) is 453 Å². The van der Waals surface area contributed by atoms with E-state index in [0.29, 0.717) is 0 Å². The molecule has 17 N–H and O–H groups in total. The van der Waals surface area contributed by atoms with E-state index in [4.69, 9.17) is 42.6 Å². The van der Waals surface area contributed by atoms with E-state index >= 15 is 0 Å². The van der Waals surface area contributed by atoms with Crippen molar-refractivity contribution >= 4 is 11.9 Å². The van der Waals surface area contributed by atoms with Crippen molar-refractivity contribution in [3.63, 3.8) is 0 Å². The van der Waals surface area contributed by atoms with Gasteiger partial charge < -0.3 is 130 Å². The predicted octanol–water partition coefficient (Wildman–Crippen LogP) is -10.5. The fourth-order valence-corrected chi connectivity index (χ4v) is 7.97. The number of amides is 1. The molecule has 0 aromatic rings. The number of rotatable bonds is 15. The van der Waals surface area contributed by atoms with Crippen LogP contribution in [0.15, 0.2) is 0 Å². The van der Waals surface area contributed by atoms with Crippen LogP contribution in [-0.4, -0.2) is 272 Å². The molecule has 1 amide bonds. The molecule has 0 aromatic carbocycles. The van der Waals surface area contributed by atoms with E-state index in [1.807, 2.05) is 0 Å².